The van der Waals surface area contributed by atoms with Crippen molar-refractivity contribution in [1.29, 1.82) is 0 Å². The van der Waals surface area contributed by atoms with Gasteiger partial charge in [-0.05, 0) is 20.3 Å². The molecular formula is C18H27N7O3S. The van der Waals surface area contributed by atoms with Gasteiger partial charge in [-0.15, -0.1) is 0 Å². The SMILES string of the molecule is CC(C)NC(=O)c1cnc(N(C)C)nc1C1CCN(S(=O)(=O)c2cn(C)cn2)C1. The summed E-state index contributed by atoms with van der Waals surface area (Å²) in [4.78, 5) is 27.3. The molecule has 0 radical (unpaired) electrons. The van der Waals surface area contributed by atoms with Gasteiger partial charge in [0.1, 0.15) is 0 Å². The van der Waals surface area contributed by atoms with Gasteiger partial charge in [-0.1, -0.05) is 0 Å². The molecule has 3 rings (SSSR count). The summed E-state index contributed by atoms with van der Waals surface area (Å²) >= 11 is 0. The molecule has 158 valence electrons. The van der Waals surface area contributed by atoms with Gasteiger partial charge in [0.15, 0.2) is 5.03 Å². The monoisotopic (exact) mass is 421 g/mol. The standard InChI is InChI=1S/C18H27N7O3S/c1-12(2)21-17(26)14-8-19-18(23(3)4)22-16(14)13-6-7-25(9-13)29(27,28)15-10-24(5)11-20-15/h8,10-13H,6-7,9H2,1-5H3,(H,21,26). The molecule has 1 aliphatic rings. The second kappa shape index (κ2) is 8.07. The summed E-state index contributed by atoms with van der Waals surface area (Å²) in [5.74, 6) is 0.0153. The zero-order chi connectivity index (χ0) is 21.3. The Balaban J connectivity index is 1.91. The molecule has 3 heterocycles. The van der Waals surface area contributed by atoms with E-state index in [1.807, 2.05) is 27.9 Å². The molecule has 0 aliphatic carbocycles. The molecule has 1 atom stereocenters. The van der Waals surface area contributed by atoms with Gasteiger partial charge in [0.2, 0.25) is 5.95 Å². The van der Waals surface area contributed by atoms with Gasteiger partial charge in [-0.2, -0.15) is 4.31 Å². The molecule has 0 spiro atoms. The number of aromatic nitrogens is 4. The molecule has 1 amide bonds. The van der Waals surface area contributed by atoms with Gasteiger partial charge in [0, 0.05) is 58.6 Å². The van der Waals surface area contributed by atoms with Crippen LogP contribution < -0.4 is 10.2 Å². The number of imidazole rings is 1. The zero-order valence-electron chi connectivity index (χ0n) is 17.3. The lowest BCUT2D eigenvalue weighted by Gasteiger charge is -2.19. The van der Waals surface area contributed by atoms with Crippen molar-refractivity contribution in [3.8, 4) is 0 Å². The van der Waals surface area contributed by atoms with E-state index in [9.17, 15) is 13.2 Å². The Bertz CT molecular complexity index is 1000. The summed E-state index contributed by atoms with van der Waals surface area (Å²) in [6.07, 6.45) is 5.03. The van der Waals surface area contributed by atoms with Crippen LogP contribution in [-0.2, 0) is 17.1 Å². The highest BCUT2D eigenvalue weighted by molar-refractivity contribution is 7.89. The van der Waals surface area contributed by atoms with E-state index in [0.717, 1.165) is 0 Å². The molecule has 0 saturated carbocycles. The van der Waals surface area contributed by atoms with E-state index in [-0.39, 0.29) is 29.4 Å². The van der Waals surface area contributed by atoms with Crippen LogP contribution >= 0.6 is 0 Å². The Morgan fingerprint density at radius 1 is 1.31 bits per heavy atom. The molecule has 1 saturated heterocycles. The van der Waals surface area contributed by atoms with Crippen LogP contribution in [0.4, 0.5) is 5.95 Å². The highest BCUT2D eigenvalue weighted by Crippen LogP contribution is 2.32. The van der Waals surface area contributed by atoms with Crippen LogP contribution in [0.25, 0.3) is 0 Å². The van der Waals surface area contributed by atoms with Crippen LogP contribution in [0, 0.1) is 0 Å². The van der Waals surface area contributed by atoms with Gasteiger partial charge < -0.3 is 14.8 Å². The van der Waals surface area contributed by atoms with Crippen molar-refractivity contribution >= 4 is 21.9 Å². The van der Waals surface area contributed by atoms with Crippen LogP contribution in [0.5, 0.6) is 0 Å². The molecule has 1 aliphatic heterocycles. The van der Waals surface area contributed by atoms with Gasteiger partial charge >= 0.3 is 0 Å². The molecule has 2 aromatic rings. The largest absolute Gasteiger partial charge is 0.350 e. The Kier molecular flexibility index (Phi) is 5.90. The Labute approximate surface area is 171 Å². The Morgan fingerprint density at radius 2 is 2.03 bits per heavy atom. The van der Waals surface area contributed by atoms with Crippen molar-refractivity contribution in [2.24, 2.45) is 7.05 Å². The number of carbonyl (C=O) groups excluding carboxylic acids is 1. The van der Waals surface area contributed by atoms with E-state index < -0.39 is 10.0 Å². The van der Waals surface area contributed by atoms with Crippen molar-refractivity contribution in [3.05, 3.63) is 30.0 Å². The maximum atomic E-state index is 12.9. The van der Waals surface area contributed by atoms with Crippen molar-refractivity contribution < 1.29 is 13.2 Å². The van der Waals surface area contributed by atoms with E-state index in [2.05, 4.69) is 20.3 Å². The molecule has 10 nitrogen and oxygen atoms in total. The second-order valence-corrected chi connectivity index (χ2v) is 9.60. The predicted molar refractivity (Wildman–Crippen MR) is 108 cm³/mol. The van der Waals surface area contributed by atoms with Crippen LogP contribution in [0.2, 0.25) is 0 Å². The molecular weight excluding hydrogens is 394 g/mol. The average Bonchev–Trinajstić information content (AvgIpc) is 3.30. The number of hydrogen-bond acceptors (Lipinski definition) is 7. The van der Waals surface area contributed by atoms with E-state index >= 15 is 0 Å². The molecule has 0 aromatic carbocycles. The minimum atomic E-state index is -3.69. The summed E-state index contributed by atoms with van der Waals surface area (Å²) in [5, 5.41) is 2.89. The highest BCUT2D eigenvalue weighted by Gasteiger charge is 2.37. The Hall–Kier alpha value is -2.53. The fourth-order valence-corrected chi connectivity index (χ4v) is 4.72. The average molecular weight is 422 g/mol. The van der Waals surface area contributed by atoms with Crippen LogP contribution in [0.15, 0.2) is 23.7 Å². The third-order valence-electron chi connectivity index (χ3n) is 4.69. The number of rotatable bonds is 6. The van der Waals surface area contributed by atoms with Crippen molar-refractivity contribution in [2.45, 2.75) is 37.3 Å². The lowest BCUT2D eigenvalue weighted by molar-refractivity contribution is 0.0941. The van der Waals surface area contributed by atoms with E-state index in [1.54, 1.807) is 16.5 Å². The quantitative estimate of drug-likeness (QED) is 0.726. The first-order valence-corrected chi connectivity index (χ1v) is 10.9. The van der Waals surface area contributed by atoms with Crippen molar-refractivity contribution in [3.63, 3.8) is 0 Å². The number of aryl methyl sites for hydroxylation is 1. The molecule has 1 N–H and O–H groups in total. The zero-order valence-corrected chi connectivity index (χ0v) is 18.1. The topological polar surface area (TPSA) is 113 Å². The first-order chi connectivity index (χ1) is 13.6. The molecule has 2 aromatic heterocycles. The second-order valence-electron chi connectivity index (χ2n) is 7.72. The fraction of sp³-hybridized carbons (Fsp3) is 0.556. The molecule has 29 heavy (non-hydrogen) atoms. The summed E-state index contributed by atoms with van der Waals surface area (Å²) in [6, 6.07) is -0.0338. The van der Waals surface area contributed by atoms with Crippen LogP contribution in [0.3, 0.4) is 0 Å². The van der Waals surface area contributed by atoms with E-state index in [1.165, 1.54) is 23.0 Å². The van der Waals surface area contributed by atoms with Gasteiger partial charge in [0.05, 0.1) is 17.6 Å². The molecule has 1 unspecified atom stereocenters. The summed E-state index contributed by atoms with van der Waals surface area (Å²) in [6.45, 7) is 4.34. The Morgan fingerprint density at radius 3 is 2.62 bits per heavy atom. The van der Waals surface area contributed by atoms with Gasteiger partial charge in [0.25, 0.3) is 15.9 Å². The van der Waals surface area contributed by atoms with Crippen LogP contribution in [-0.4, -0.2) is 71.4 Å². The minimum absolute atomic E-state index is 0.0232. The fourth-order valence-electron chi connectivity index (χ4n) is 3.25. The first kappa shape index (κ1) is 21.2. The lowest BCUT2D eigenvalue weighted by atomic mass is 9.99. The third-order valence-corrected chi connectivity index (χ3v) is 6.44. The number of nitrogens with one attached hydrogen (secondary N) is 1. The maximum absolute atomic E-state index is 12.9. The first-order valence-electron chi connectivity index (χ1n) is 9.42. The summed E-state index contributed by atoms with van der Waals surface area (Å²) < 4.78 is 28.8. The van der Waals surface area contributed by atoms with Gasteiger partial charge in [-0.3, -0.25) is 4.79 Å². The normalized spacial score (nSPS) is 17.7. The number of hydrogen-bond donors (Lipinski definition) is 1. The highest BCUT2D eigenvalue weighted by atomic mass is 32.2. The number of sulfonamides is 1. The predicted octanol–water partition coefficient (Wildman–Crippen LogP) is 0.593. The number of carbonyl (C=O) groups is 1. The summed E-state index contributed by atoms with van der Waals surface area (Å²) in [7, 11) is 1.67. The van der Waals surface area contributed by atoms with Gasteiger partial charge in [-0.25, -0.2) is 23.4 Å². The van der Waals surface area contributed by atoms with Crippen molar-refractivity contribution in [1.82, 2.24) is 29.1 Å². The number of anilines is 1. The number of nitrogens with zero attached hydrogens (tertiary/aromatic N) is 6. The van der Waals surface area contributed by atoms with Crippen LogP contribution in [0.1, 0.15) is 42.2 Å². The van der Waals surface area contributed by atoms with E-state index in [4.69, 9.17) is 0 Å². The molecule has 1 fully saturated rings. The van der Waals surface area contributed by atoms with E-state index in [0.29, 0.717) is 30.2 Å². The molecule has 11 heteroatoms. The lowest BCUT2D eigenvalue weighted by Crippen LogP contribution is -2.32. The smallest absolute Gasteiger partial charge is 0.262 e. The van der Waals surface area contributed by atoms with Crippen molar-refractivity contribution in [2.75, 3.05) is 32.1 Å². The maximum Gasteiger partial charge on any atom is 0.262 e. The minimum Gasteiger partial charge on any atom is -0.350 e. The number of amides is 1. The summed E-state index contributed by atoms with van der Waals surface area (Å²) in [5.41, 5.74) is 0.951. The third kappa shape index (κ3) is 4.40. The molecule has 0 bridgehead atoms.